The zero-order chi connectivity index (χ0) is 5.28. The first-order chi connectivity index (χ1) is 3.30. The molecule has 1 rings (SSSR count). The third-order valence-corrected chi connectivity index (χ3v) is 0.678. The summed E-state index contributed by atoms with van der Waals surface area (Å²) in [6.07, 6.45) is 1.32. The highest BCUT2D eigenvalue weighted by Gasteiger charge is 2.06. The van der Waals surface area contributed by atoms with E-state index in [1.165, 1.54) is 6.34 Å². The van der Waals surface area contributed by atoms with Crippen molar-refractivity contribution in [1.82, 2.24) is 5.32 Å². The molecular weight excluding hydrogens is 92.1 g/mol. The molecule has 36 valence electrons. The van der Waals surface area contributed by atoms with Gasteiger partial charge in [0.2, 0.25) is 0 Å². The molecule has 0 atom stereocenters. The van der Waals surface area contributed by atoms with Crippen LogP contribution in [-0.2, 0) is 4.79 Å². The van der Waals surface area contributed by atoms with Crippen LogP contribution in [0.15, 0.2) is 17.3 Å². The molecule has 0 aromatic carbocycles. The summed E-state index contributed by atoms with van der Waals surface area (Å²) < 4.78 is 0. The van der Waals surface area contributed by atoms with Gasteiger partial charge in [-0.2, -0.15) is 0 Å². The molecule has 1 heterocycles. The van der Waals surface area contributed by atoms with Gasteiger partial charge in [-0.25, -0.2) is 4.99 Å². The van der Waals surface area contributed by atoms with E-state index in [0.29, 0.717) is 0 Å². The molecule has 0 bridgehead atoms. The lowest BCUT2D eigenvalue weighted by Crippen LogP contribution is -2.14. The lowest BCUT2D eigenvalue weighted by Gasteiger charge is -1.80. The molecule has 0 saturated heterocycles. The summed E-state index contributed by atoms with van der Waals surface area (Å²) in [5.41, 5.74) is 0.278. The van der Waals surface area contributed by atoms with Crippen LogP contribution in [0, 0.1) is 0 Å². The zero-order valence-corrected chi connectivity index (χ0v) is 3.64. The van der Waals surface area contributed by atoms with Gasteiger partial charge in [-0.3, -0.25) is 4.79 Å². The van der Waals surface area contributed by atoms with Crippen molar-refractivity contribution < 1.29 is 4.79 Å². The first kappa shape index (κ1) is 4.05. The average molecular weight is 96.1 g/mol. The van der Waals surface area contributed by atoms with Crippen molar-refractivity contribution in [3.8, 4) is 0 Å². The average Bonchev–Trinajstić information content (AvgIpc) is 1.91. The number of rotatable bonds is 0. The Balaban J connectivity index is 2.81. The van der Waals surface area contributed by atoms with Crippen molar-refractivity contribution in [2.75, 3.05) is 0 Å². The van der Waals surface area contributed by atoms with E-state index in [1.807, 2.05) is 0 Å². The molecule has 0 radical (unpaired) electrons. The fourth-order valence-corrected chi connectivity index (χ4v) is 0.311. The van der Waals surface area contributed by atoms with Gasteiger partial charge >= 0.3 is 0 Å². The van der Waals surface area contributed by atoms with Crippen LogP contribution in [0.3, 0.4) is 0 Å². The molecule has 1 amide bonds. The van der Waals surface area contributed by atoms with E-state index in [0.717, 1.165) is 0 Å². The van der Waals surface area contributed by atoms with Gasteiger partial charge in [-0.05, 0) is 0 Å². The van der Waals surface area contributed by atoms with Crippen LogP contribution in [0.1, 0.15) is 0 Å². The number of aliphatic imine (C=N–C) groups is 1. The van der Waals surface area contributed by atoms with Gasteiger partial charge in [0.05, 0.1) is 6.34 Å². The highest BCUT2D eigenvalue weighted by molar-refractivity contribution is 6.04. The van der Waals surface area contributed by atoms with Crippen LogP contribution in [0.5, 0.6) is 0 Å². The smallest absolute Gasteiger partial charge is 0.274 e. The van der Waals surface area contributed by atoms with E-state index in [4.69, 9.17) is 0 Å². The monoisotopic (exact) mass is 96.0 g/mol. The van der Waals surface area contributed by atoms with Gasteiger partial charge in [0.1, 0.15) is 5.70 Å². The molecule has 0 spiro atoms. The van der Waals surface area contributed by atoms with Gasteiger partial charge in [0.25, 0.3) is 5.91 Å². The van der Waals surface area contributed by atoms with E-state index < -0.39 is 0 Å². The van der Waals surface area contributed by atoms with Crippen molar-refractivity contribution in [2.24, 2.45) is 4.99 Å². The van der Waals surface area contributed by atoms with Crippen LogP contribution < -0.4 is 5.32 Å². The number of amides is 1. The Kier molecular flexibility index (Phi) is 0.685. The fourth-order valence-electron chi connectivity index (χ4n) is 0.311. The Morgan fingerprint density at radius 1 is 1.86 bits per heavy atom. The molecule has 1 N–H and O–H groups in total. The summed E-state index contributed by atoms with van der Waals surface area (Å²) in [4.78, 5) is 13.8. The number of nitrogens with one attached hydrogen (secondary N) is 1. The topological polar surface area (TPSA) is 41.5 Å². The predicted molar refractivity (Wildman–Crippen MR) is 25.8 cm³/mol. The summed E-state index contributed by atoms with van der Waals surface area (Å²) in [5.74, 6) is -0.208. The van der Waals surface area contributed by atoms with Gasteiger partial charge in [-0.15, -0.1) is 0 Å². The van der Waals surface area contributed by atoms with E-state index in [1.54, 1.807) is 0 Å². The summed E-state index contributed by atoms with van der Waals surface area (Å²) in [5, 5.41) is 2.34. The minimum Gasteiger partial charge on any atom is -0.311 e. The zero-order valence-electron chi connectivity index (χ0n) is 3.64. The molecule has 0 saturated carbocycles. The Bertz CT molecular complexity index is 148. The van der Waals surface area contributed by atoms with Crippen molar-refractivity contribution in [3.63, 3.8) is 0 Å². The van der Waals surface area contributed by atoms with Crippen LogP contribution in [0.4, 0.5) is 0 Å². The predicted octanol–water partition coefficient (Wildman–Crippen LogP) is -0.342. The quantitative estimate of drug-likeness (QED) is 0.412. The first-order valence-electron chi connectivity index (χ1n) is 1.83. The second kappa shape index (κ2) is 1.18. The summed E-state index contributed by atoms with van der Waals surface area (Å²) in [6, 6.07) is 0. The van der Waals surface area contributed by atoms with Gasteiger partial charge < -0.3 is 5.32 Å². The van der Waals surface area contributed by atoms with E-state index in [-0.39, 0.29) is 11.6 Å². The highest BCUT2D eigenvalue weighted by Crippen LogP contribution is 1.93. The maximum atomic E-state index is 10.2. The second-order valence-electron chi connectivity index (χ2n) is 1.18. The minimum absolute atomic E-state index is 0.208. The Hall–Kier alpha value is -1.12. The molecule has 0 unspecified atom stereocenters. The summed E-state index contributed by atoms with van der Waals surface area (Å²) in [6.45, 7) is 3.33. The number of hydrogen-bond acceptors (Lipinski definition) is 2. The Labute approximate surface area is 40.7 Å². The van der Waals surface area contributed by atoms with Gasteiger partial charge in [-0.1, -0.05) is 6.58 Å². The second-order valence-corrected chi connectivity index (χ2v) is 1.18. The van der Waals surface area contributed by atoms with Gasteiger partial charge in [0, 0.05) is 0 Å². The lowest BCUT2D eigenvalue weighted by atomic mass is 10.5. The largest absolute Gasteiger partial charge is 0.311 e. The van der Waals surface area contributed by atoms with Crippen molar-refractivity contribution >= 4 is 12.2 Å². The maximum absolute atomic E-state index is 10.2. The summed E-state index contributed by atoms with van der Waals surface area (Å²) in [7, 11) is 0. The molecule has 1 aliphatic rings. The molecule has 0 fully saturated rings. The maximum Gasteiger partial charge on any atom is 0.274 e. The van der Waals surface area contributed by atoms with Crippen molar-refractivity contribution in [2.45, 2.75) is 0 Å². The fraction of sp³-hybridized carbons (Fsp3) is 0. The third-order valence-electron chi connectivity index (χ3n) is 0.678. The van der Waals surface area contributed by atoms with E-state index >= 15 is 0 Å². The number of carbonyl (C=O) groups is 1. The molecular formula is C4H4N2O. The normalized spacial score (nSPS) is 17.7. The standard InChI is InChI=1S/C4H4N2O/c1-3-4(7)6-2-5-3/h2H,1H2,(H,5,6,7). The molecule has 7 heavy (non-hydrogen) atoms. The van der Waals surface area contributed by atoms with Crippen LogP contribution in [-0.4, -0.2) is 12.2 Å². The molecule has 3 heteroatoms. The SMILES string of the molecule is C=C1N=CNC1=O. The minimum atomic E-state index is -0.208. The van der Waals surface area contributed by atoms with Gasteiger partial charge in [0.15, 0.2) is 0 Å². The van der Waals surface area contributed by atoms with E-state index in [2.05, 4.69) is 16.9 Å². The molecule has 0 aliphatic carbocycles. The van der Waals surface area contributed by atoms with Crippen molar-refractivity contribution in [1.29, 1.82) is 0 Å². The highest BCUT2D eigenvalue weighted by atomic mass is 16.2. The van der Waals surface area contributed by atoms with Crippen LogP contribution >= 0.6 is 0 Å². The molecule has 3 nitrogen and oxygen atoms in total. The Morgan fingerprint density at radius 3 is 2.71 bits per heavy atom. The molecule has 0 aromatic heterocycles. The Morgan fingerprint density at radius 2 is 2.57 bits per heavy atom. The van der Waals surface area contributed by atoms with Crippen LogP contribution in [0.2, 0.25) is 0 Å². The lowest BCUT2D eigenvalue weighted by molar-refractivity contribution is -0.115. The third kappa shape index (κ3) is 0.513. The summed E-state index contributed by atoms with van der Waals surface area (Å²) >= 11 is 0. The van der Waals surface area contributed by atoms with Crippen molar-refractivity contribution in [3.05, 3.63) is 12.3 Å². The van der Waals surface area contributed by atoms with E-state index in [9.17, 15) is 4.79 Å². The first-order valence-corrected chi connectivity index (χ1v) is 1.83. The molecule has 1 aliphatic heterocycles. The number of hydrogen-bond donors (Lipinski definition) is 1. The number of carbonyl (C=O) groups excluding carboxylic acids is 1. The number of nitrogens with zero attached hydrogens (tertiary/aromatic N) is 1. The molecule has 0 aromatic rings. The van der Waals surface area contributed by atoms with Crippen LogP contribution in [0.25, 0.3) is 0 Å².